The summed E-state index contributed by atoms with van der Waals surface area (Å²) in [6, 6.07) is 3.36. The summed E-state index contributed by atoms with van der Waals surface area (Å²) in [7, 11) is 0. The van der Waals surface area contributed by atoms with Gasteiger partial charge in [0, 0.05) is 19.6 Å². The van der Waals surface area contributed by atoms with Crippen LogP contribution in [0.25, 0.3) is 5.65 Å². The van der Waals surface area contributed by atoms with E-state index in [-0.39, 0.29) is 28.9 Å². The van der Waals surface area contributed by atoms with Gasteiger partial charge in [0.1, 0.15) is 23.9 Å². The number of aromatic nitrogens is 5. The Labute approximate surface area is 218 Å². The highest BCUT2D eigenvalue weighted by Gasteiger charge is 2.32. The number of carbonyl (C=O) groups is 1. The molecule has 194 valence electrons. The van der Waals surface area contributed by atoms with E-state index >= 15 is 0 Å². The molecule has 1 aliphatic rings. The Kier molecular flexibility index (Phi) is 7.53. The van der Waals surface area contributed by atoms with Crippen LogP contribution in [0.15, 0.2) is 42.4 Å². The summed E-state index contributed by atoms with van der Waals surface area (Å²) < 4.78 is 49.4. The molecule has 5 rings (SSSR count). The fourth-order valence-corrected chi connectivity index (χ4v) is 5.53. The number of ether oxygens (including phenoxy) is 1. The molecule has 0 aliphatic carbocycles. The van der Waals surface area contributed by atoms with Crippen molar-refractivity contribution in [2.24, 2.45) is 0 Å². The van der Waals surface area contributed by atoms with Crippen LogP contribution < -0.4 is 10.1 Å². The maximum atomic E-state index is 14.2. The van der Waals surface area contributed by atoms with Crippen molar-refractivity contribution in [3.05, 3.63) is 69.4 Å². The van der Waals surface area contributed by atoms with Gasteiger partial charge in [0.05, 0.1) is 39.4 Å². The molecule has 4 heterocycles. The summed E-state index contributed by atoms with van der Waals surface area (Å²) in [5.74, 6) is -0.971. The minimum Gasteiger partial charge on any atom is -0.474 e. The second-order valence-electron chi connectivity index (χ2n) is 8.38. The van der Waals surface area contributed by atoms with Gasteiger partial charge in [-0.1, -0.05) is 17.7 Å². The molecule has 0 radical (unpaired) electrons. The second-order valence-corrected chi connectivity index (χ2v) is 9.68. The van der Waals surface area contributed by atoms with E-state index in [4.69, 9.17) is 16.3 Å². The molecule has 9 nitrogen and oxygen atoms in total. The monoisotopic (exact) mass is 551 g/mol. The number of carbonyl (C=O) groups excluding carboxylic acids is 1. The quantitative estimate of drug-likeness (QED) is 0.348. The molecular weight excluding hydrogens is 531 g/mol. The maximum Gasteiger partial charge on any atom is 0.281 e. The fourth-order valence-electron chi connectivity index (χ4n) is 4.35. The summed E-state index contributed by atoms with van der Waals surface area (Å²) in [6.45, 7) is 0.997. The lowest BCUT2D eigenvalue weighted by Gasteiger charge is -2.37. The Balaban J connectivity index is 1.30. The molecule has 4 aromatic rings. The molecular formula is C23H21ClF3N7O2S. The Morgan fingerprint density at radius 2 is 2.08 bits per heavy atom. The molecule has 3 aromatic heterocycles. The average molecular weight is 552 g/mol. The van der Waals surface area contributed by atoms with Crippen LogP contribution in [0.2, 0.25) is 5.02 Å². The van der Waals surface area contributed by atoms with E-state index in [1.165, 1.54) is 24.0 Å². The number of hydrogen-bond acceptors (Lipinski definition) is 8. The van der Waals surface area contributed by atoms with E-state index in [9.17, 15) is 18.0 Å². The number of piperidine rings is 1. The van der Waals surface area contributed by atoms with Crippen molar-refractivity contribution in [2.75, 3.05) is 19.6 Å². The van der Waals surface area contributed by atoms with Crippen LogP contribution in [0.5, 0.6) is 5.88 Å². The smallest absolute Gasteiger partial charge is 0.281 e. The van der Waals surface area contributed by atoms with Crippen molar-refractivity contribution in [3.8, 4) is 5.88 Å². The maximum absolute atomic E-state index is 14.2. The topological polar surface area (TPSA) is 97.5 Å². The Hall–Kier alpha value is -3.29. The number of halogens is 4. The van der Waals surface area contributed by atoms with Crippen molar-refractivity contribution in [1.29, 1.82) is 0 Å². The number of thiazole rings is 1. The summed E-state index contributed by atoms with van der Waals surface area (Å²) in [5, 5.41) is 10.5. The Morgan fingerprint density at radius 1 is 1.27 bits per heavy atom. The fraction of sp³-hybridized carbons (Fsp3) is 0.348. The molecule has 1 aliphatic heterocycles. The molecule has 0 bridgehead atoms. The molecule has 1 fully saturated rings. The van der Waals surface area contributed by atoms with E-state index in [1.54, 1.807) is 16.8 Å². The zero-order valence-electron chi connectivity index (χ0n) is 19.2. The molecule has 14 heteroatoms. The highest BCUT2D eigenvalue weighted by molar-refractivity contribution is 7.09. The number of nitrogens with zero attached hydrogens (tertiary/aromatic N) is 6. The van der Waals surface area contributed by atoms with Gasteiger partial charge in [-0.15, -0.1) is 21.5 Å². The lowest BCUT2D eigenvalue weighted by Crippen LogP contribution is -2.44. The third kappa shape index (κ3) is 5.38. The Morgan fingerprint density at radius 3 is 2.84 bits per heavy atom. The summed E-state index contributed by atoms with van der Waals surface area (Å²) >= 11 is 7.12. The van der Waals surface area contributed by atoms with Crippen molar-refractivity contribution < 1.29 is 22.7 Å². The zero-order valence-corrected chi connectivity index (χ0v) is 20.8. The van der Waals surface area contributed by atoms with Gasteiger partial charge in [-0.2, -0.15) is 0 Å². The van der Waals surface area contributed by atoms with Gasteiger partial charge in [-0.3, -0.25) is 14.7 Å². The van der Waals surface area contributed by atoms with Crippen LogP contribution in [0, 0.1) is 5.82 Å². The zero-order chi connectivity index (χ0) is 25.9. The highest BCUT2D eigenvalue weighted by atomic mass is 35.5. The highest BCUT2D eigenvalue weighted by Crippen LogP contribution is 2.35. The lowest BCUT2D eigenvalue weighted by atomic mass is 10.0. The molecule has 37 heavy (non-hydrogen) atoms. The largest absolute Gasteiger partial charge is 0.474 e. The van der Waals surface area contributed by atoms with Crippen LogP contribution in [0.3, 0.4) is 0 Å². The number of alkyl halides is 2. The third-order valence-electron chi connectivity index (χ3n) is 6.17. The molecule has 1 amide bonds. The Bertz CT molecular complexity index is 1370. The van der Waals surface area contributed by atoms with Crippen LogP contribution in [0.4, 0.5) is 13.2 Å². The third-order valence-corrected chi connectivity index (χ3v) is 7.43. The number of nitrogens with one attached hydrogen (secondary N) is 1. The van der Waals surface area contributed by atoms with Crippen molar-refractivity contribution >= 4 is 34.5 Å². The van der Waals surface area contributed by atoms with Crippen LogP contribution in [0.1, 0.15) is 46.2 Å². The predicted molar refractivity (Wildman–Crippen MR) is 130 cm³/mol. The van der Waals surface area contributed by atoms with E-state index in [1.807, 2.05) is 4.90 Å². The van der Waals surface area contributed by atoms with E-state index in [2.05, 4.69) is 25.5 Å². The van der Waals surface area contributed by atoms with Gasteiger partial charge in [-0.05, 0) is 25.0 Å². The predicted octanol–water partition coefficient (Wildman–Crippen LogP) is 4.33. The summed E-state index contributed by atoms with van der Waals surface area (Å²) in [4.78, 5) is 23.1. The van der Waals surface area contributed by atoms with Crippen LogP contribution in [-0.2, 0) is 0 Å². The average Bonchev–Trinajstić information content (AvgIpc) is 3.56. The van der Waals surface area contributed by atoms with Gasteiger partial charge >= 0.3 is 0 Å². The van der Waals surface area contributed by atoms with Gasteiger partial charge < -0.3 is 10.1 Å². The first-order valence-corrected chi connectivity index (χ1v) is 12.7. The molecule has 0 spiro atoms. The molecule has 1 atom stereocenters. The molecule has 1 saturated heterocycles. The van der Waals surface area contributed by atoms with Crippen LogP contribution in [-0.4, -0.2) is 61.1 Å². The number of hydrogen-bond donors (Lipinski definition) is 1. The van der Waals surface area contributed by atoms with Crippen LogP contribution >= 0.6 is 22.9 Å². The van der Waals surface area contributed by atoms with E-state index in [0.29, 0.717) is 42.3 Å². The molecule has 1 unspecified atom stereocenters. The first-order valence-electron chi connectivity index (χ1n) is 11.4. The SMILES string of the molecule is O=C(NCC(c1scnc1C(F)F)N1CCC(Oc2cncc3nncn23)CC1)c1c(F)cccc1Cl. The van der Waals surface area contributed by atoms with E-state index in [0.717, 1.165) is 17.4 Å². The minimum absolute atomic E-state index is 0.0269. The van der Waals surface area contributed by atoms with Crippen molar-refractivity contribution in [1.82, 2.24) is 34.8 Å². The first-order chi connectivity index (χ1) is 17.9. The lowest BCUT2D eigenvalue weighted by molar-refractivity contribution is 0.0673. The standard InChI is InChI=1S/C23H21ClF3N7O2S/c24-14-2-1-3-15(25)19(14)23(35)29-8-16(21-20(22(26)27)30-12-37-21)33-6-4-13(5-7-33)36-18-10-28-9-17-32-31-11-34(17)18/h1-3,9-13,16,22H,4-8H2,(H,29,35). The molecule has 0 saturated carbocycles. The van der Waals surface area contributed by atoms with Gasteiger partial charge in [0.25, 0.3) is 12.3 Å². The molecule has 1 N–H and O–H groups in total. The normalized spacial score (nSPS) is 15.8. The van der Waals surface area contributed by atoms with Crippen molar-refractivity contribution in [2.45, 2.75) is 31.4 Å². The van der Waals surface area contributed by atoms with Gasteiger partial charge in [0.15, 0.2) is 5.65 Å². The van der Waals surface area contributed by atoms with Gasteiger partial charge in [0.2, 0.25) is 5.88 Å². The number of rotatable bonds is 8. The number of benzene rings is 1. The number of fused-ring (bicyclic) bond motifs is 1. The van der Waals surface area contributed by atoms with Gasteiger partial charge in [-0.25, -0.2) is 22.6 Å². The first kappa shape index (κ1) is 25.4. The van der Waals surface area contributed by atoms with E-state index < -0.39 is 24.2 Å². The molecule has 1 aromatic carbocycles. The minimum atomic E-state index is -2.77. The summed E-state index contributed by atoms with van der Waals surface area (Å²) in [5.41, 5.74) is 1.31. The second kappa shape index (κ2) is 11.0. The summed E-state index contributed by atoms with van der Waals surface area (Å²) in [6.07, 6.45) is 2.99. The number of amides is 1. The number of likely N-dealkylation sites (tertiary alicyclic amines) is 1. The van der Waals surface area contributed by atoms with Crippen molar-refractivity contribution in [3.63, 3.8) is 0 Å².